The van der Waals surface area contributed by atoms with Gasteiger partial charge in [-0.2, -0.15) is 5.26 Å². The van der Waals surface area contributed by atoms with Crippen molar-refractivity contribution in [1.29, 1.82) is 5.26 Å². The van der Waals surface area contributed by atoms with Crippen LogP contribution < -0.4 is 10.1 Å². The molecule has 4 rings (SSSR count). The molecule has 34 heavy (non-hydrogen) atoms. The zero-order valence-corrected chi connectivity index (χ0v) is 20.8. The molecule has 0 saturated carbocycles. The Bertz CT molecular complexity index is 1460. The van der Waals surface area contributed by atoms with Crippen LogP contribution in [0, 0.1) is 11.3 Å². The first-order chi connectivity index (χ1) is 16.4. The van der Waals surface area contributed by atoms with Crippen molar-refractivity contribution >= 4 is 67.6 Å². The number of nitrogens with one attached hydrogen (secondary N) is 1. The molecule has 4 aromatic carbocycles. The van der Waals surface area contributed by atoms with E-state index in [4.69, 9.17) is 27.9 Å². The Hall–Kier alpha value is -3.30. The van der Waals surface area contributed by atoms with Gasteiger partial charge in [0.15, 0.2) is 0 Å². The van der Waals surface area contributed by atoms with Crippen molar-refractivity contribution in [2.45, 2.75) is 6.61 Å². The molecule has 168 valence electrons. The Kier molecular flexibility index (Phi) is 7.54. The third kappa shape index (κ3) is 5.60. The van der Waals surface area contributed by atoms with Crippen LogP contribution in [0.5, 0.6) is 5.75 Å². The summed E-state index contributed by atoms with van der Waals surface area (Å²) in [5.74, 6) is 0.108. The van der Waals surface area contributed by atoms with Gasteiger partial charge < -0.3 is 10.1 Å². The maximum absolute atomic E-state index is 12.5. The Labute approximate surface area is 215 Å². The predicted molar refractivity (Wildman–Crippen MR) is 141 cm³/mol. The maximum Gasteiger partial charge on any atom is 0.266 e. The summed E-state index contributed by atoms with van der Waals surface area (Å²) in [6, 6.07) is 26.3. The van der Waals surface area contributed by atoms with E-state index in [0.717, 1.165) is 16.3 Å². The zero-order chi connectivity index (χ0) is 24.1. The lowest BCUT2D eigenvalue weighted by atomic mass is 10.1. The van der Waals surface area contributed by atoms with Crippen molar-refractivity contribution in [3.05, 3.63) is 110 Å². The SMILES string of the molecule is N#C/C(=C/c1ccc(OCc2cccc3ccccc23)c(Br)c1)C(=O)Nc1ccc(Cl)c(Cl)c1. The number of carbonyl (C=O) groups is 1. The Morgan fingerprint density at radius 2 is 1.79 bits per heavy atom. The lowest BCUT2D eigenvalue weighted by Crippen LogP contribution is -2.13. The molecule has 0 aromatic heterocycles. The van der Waals surface area contributed by atoms with Gasteiger partial charge in [0, 0.05) is 5.69 Å². The molecule has 0 aliphatic rings. The average molecular weight is 552 g/mol. The molecule has 4 aromatic rings. The van der Waals surface area contributed by atoms with Crippen LogP contribution in [0.25, 0.3) is 16.8 Å². The highest BCUT2D eigenvalue weighted by atomic mass is 79.9. The molecule has 0 atom stereocenters. The Morgan fingerprint density at radius 1 is 1.00 bits per heavy atom. The van der Waals surface area contributed by atoms with E-state index in [1.807, 2.05) is 30.3 Å². The van der Waals surface area contributed by atoms with Crippen LogP contribution in [0.2, 0.25) is 10.0 Å². The van der Waals surface area contributed by atoms with Crippen molar-refractivity contribution in [3.8, 4) is 11.8 Å². The van der Waals surface area contributed by atoms with Crippen LogP contribution in [-0.4, -0.2) is 5.91 Å². The first-order valence-electron chi connectivity index (χ1n) is 10.2. The first-order valence-corrected chi connectivity index (χ1v) is 11.8. The number of nitrogens with zero attached hydrogens (tertiary/aromatic N) is 1. The number of benzene rings is 4. The lowest BCUT2D eigenvalue weighted by molar-refractivity contribution is -0.112. The number of anilines is 1. The molecule has 7 heteroatoms. The van der Waals surface area contributed by atoms with Gasteiger partial charge in [-0.25, -0.2) is 0 Å². The minimum Gasteiger partial charge on any atom is -0.488 e. The van der Waals surface area contributed by atoms with Gasteiger partial charge in [0.25, 0.3) is 5.91 Å². The molecule has 0 unspecified atom stereocenters. The molecular formula is C27H17BrCl2N2O2. The third-order valence-electron chi connectivity index (χ3n) is 5.07. The van der Waals surface area contributed by atoms with Gasteiger partial charge in [-0.1, -0.05) is 71.7 Å². The smallest absolute Gasteiger partial charge is 0.266 e. The highest BCUT2D eigenvalue weighted by Crippen LogP contribution is 2.29. The second-order valence-corrected chi connectivity index (χ2v) is 9.04. The van der Waals surface area contributed by atoms with Gasteiger partial charge in [0.2, 0.25) is 0 Å². The summed E-state index contributed by atoms with van der Waals surface area (Å²) >= 11 is 15.4. The number of rotatable bonds is 6. The van der Waals surface area contributed by atoms with Crippen molar-refractivity contribution in [3.63, 3.8) is 0 Å². The van der Waals surface area contributed by atoms with Gasteiger partial charge in [-0.05, 0) is 74.2 Å². The normalized spacial score (nSPS) is 11.2. The molecule has 0 heterocycles. The molecule has 0 bridgehead atoms. The standard InChI is InChI=1S/C27H17BrCl2N2O2/c28-23-13-17(12-20(15-31)27(33)32-21-9-10-24(29)25(30)14-21)8-11-26(23)34-16-19-6-3-5-18-4-1-2-7-22(18)19/h1-14H,16H2,(H,32,33)/b20-12-. The number of nitriles is 1. The number of fused-ring (bicyclic) bond motifs is 1. The fraction of sp³-hybridized carbons (Fsp3) is 0.0370. The van der Waals surface area contributed by atoms with E-state index in [2.05, 4.69) is 39.4 Å². The number of ether oxygens (including phenoxy) is 1. The number of halogens is 3. The van der Waals surface area contributed by atoms with Gasteiger partial charge in [0.05, 0.1) is 14.5 Å². The quantitative estimate of drug-likeness (QED) is 0.195. The number of amides is 1. The molecule has 1 N–H and O–H groups in total. The van der Waals surface area contributed by atoms with Crippen LogP contribution in [0.4, 0.5) is 5.69 Å². The second-order valence-electron chi connectivity index (χ2n) is 7.37. The highest BCUT2D eigenvalue weighted by molar-refractivity contribution is 9.10. The summed E-state index contributed by atoms with van der Waals surface area (Å²) in [5, 5.41) is 15.1. The van der Waals surface area contributed by atoms with Crippen LogP contribution >= 0.6 is 39.1 Å². The van der Waals surface area contributed by atoms with Crippen LogP contribution in [-0.2, 0) is 11.4 Å². The summed E-state index contributed by atoms with van der Waals surface area (Å²) in [7, 11) is 0. The van der Waals surface area contributed by atoms with Gasteiger partial charge in [-0.3, -0.25) is 4.79 Å². The van der Waals surface area contributed by atoms with Crippen LogP contribution in [0.3, 0.4) is 0 Å². The molecule has 4 nitrogen and oxygen atoms in total. The number of hydrogen-bond acceptors (Lipinski definition) is 3. The summed E-state index contributed by atoms with van der Waals surface area (Å²) in [4.78, 5) is 12.5. The average Bonchev–Trinajstić information content (AvgIpc) is 2.84. The third-order valence-corrected chi connectivity index (χ3v) is 6.43. The minimum atomic E-state index is -0.548. The molecule has 0 aliphatic carbocycles. The van der Waals surface area contributed by atoms with Crippen molar-refractivity contribution in [1.82, 2.24) is 0 Å². The van der Waals surface area contributed by atoms with E-state index >= 15 is 0 Å². The molecule has 0 saturated heterocycles. The van der Waals surface area contributed by atoms with Gasteiger partial charge >= 0.3 is 0 Å². The van der Waals surface area contributed by atoms with E-state index in [1.54, 1.807) is 30.3 Å². The second kappa shape index (κ2) is 10.8. The first kappa shape index (κ1) is 23.8. The van der Waals surface area contributed by atoms with Crippen LogP contribution in [0.15, 0.2) is 88.9 Å². The van der Waals surface area contributed by atoms with Crippen molar-refractivity contribution < 1.29 is 9.53 Å². The minimum absolute atomic E-state index is 0.0533. The Balaban J connectivity index is 1.48. The van der Waals surface area contributed by atoms with Gasteiger partial charge in [-0.15, -0.1) is 0 Å². The number of carbonyl (C=O) groups excluding carboxylic acids is 1. The van der Waals surface area contributed by atoms with Crippen LogP contribution in [0.1, 0.15) is 11.1 Å². The predicted octanol–water partition coefficient (Wildman–Crippen LogP) is 8.03. The van der Waals surface area contributed by atoms with Crippen molar-refractivity contribution in [2.75, 3.05) is 5.32 Å². The van der Waals surface area contributed by atoms with Crippen molar-refractivity contribution in [2.24, 2.45) is 0 Å². The van der Waals surface area contributed by atoms with E-state index in [0.29, 0.717) is 38.1 Å². The zero-order valence-electron chi connectivity index (χ0n) is 17.7. The fourth-order valence-corrected chi connectivity index (χ4v) is 4.19. The Morgan fingerprint density at radius 3 is 2.56 bits per heavy atom. The monoisotopic (exact) mass is 550 g/mol. The topological polar surface area (TPSA) is 62.1 Å². The molecule has 1 amide bonds. The van der Waals surface area contributed by atoms with Gasteiger partial charge in [0.1, 0.15) is 24.0 Å². The summed E-state index contributed by atoms with van der Waals surface area (Å²) in [6.45, 7) is 0.407. The molecule has 0 spiro atoms. The molecule has 0 fully saturated rings. The molecule has 0 aliphatic heterocycles. The molecular weight excluding hydrogens is 535 g/mol. The number of hydrogen-bond donors (Lipinski definition) is 1. The van der Waals surface area contributed by atoms with E-state index in [9.17, 15) is 10.1 Å². The fourth-order valence-electron chi connectivity index (χ4n) is 3.39. The summed E-state index contributed by atoms with van der Waals surface area (Å²) < 4.78 is 6.74. The summed E-state index contributed by atoms with van der Waals surface area (Å²) in [6.07, 6.45) is 1.51. The van der Waals surface area contributed by atoms with E-state index < -0.39 is 5.91 Å². The van der Waals surface area contributed by atoms with E-state index in [1.165, 1.54) is 12.1 Å². The van der Waals surface area contributed by atoms with E-state index in [-0.39, 0.29) is 5.57 Å². The largest absolute Gasteiger partial charge is 0.488 e. The maximum atomic E-state index is 12.5. The summed E-state index contributed by atoms with van der Waals surface area (Å²) in [5.41, 5.74) is 2.14. The lowest BCUT2D eigenvalue weighted by Gasteiger charge is -2.11. The molecule has 0 radical (unpaired) electrons. The highest BCUT2D eigenvalue weighted by Gasteiger charge is 2.12.